The van der Waals surface area contributed by atoms with Crippen LogP contribution in [0.3, 0.4) is 0 Å². The number of nitrogens with zero attached hydrogens (tertiary/aromatic N) is 1. The normalized spacial score (nSPS) is 15.7. The van der Waals surface area contributed by atoms with Crippen LogP contribution in [0.15, 0.2) is 30.3 Å². The number of hydrogen-bond donors (Lipinski definition) is 1. The lowest BCUT2D eigenvalue weighted by atomic mass is 10.2. The first-order valence-corrected chi connectivity index (χ1v) is 4.98. The largest absolute Gasteiger partial charge is 0.487 e. The van der Waals surface area contributed by atoms with Crippen LogP contribution in [0.1, 0.15) is 0 Å². The summed E-state index contributed by atoms with van der Waals surface area (Å²) in [6.45, 7) is 1.32. The summed E-state index contributed by atoms with van der Waals surface area (Å²) in [6.07, 6.45) is 0.129. The maximum atomic E-state index is 11.2. The number of urea groups is 1. The first-order valence-electron chi connectivity index (χ1n) is 4.98. The molecule has 0 saturated carbocycles. The monoisotopic (exact) mass is 206 g/mol. The molecule has 1 saturated heterocycles. The third kappa shape index (κ3) is 2.21. The summed E-state index contributed by atoms with van der Waals surface area (Å²) in [5.41, 5.74) is 0. The number of rotatable bonds is 2. The Morgan fingerprint density at radius 1 is 1.40 bits per heavy atom. The molecule has 2 amide bonds. The van der Waals surface area contributed by atoms with Gasteiger partial charge in [0.25, 0.3) is 0 Å². The second-order valence-corrected chi connectivity index (χ2v) is 3.51. The number of para-hydroxylation sites is 1. The predicted molar refractivity (Wildman–Crippen MR) is 56.9 cm³/mol. The Morgan fingerprint density at radius 3 is 2.67 bits per heavy atom. The van der Waals surface area contributed by atoms with Crippen molar-refractivity contribution in [1.82, 2.24) is 10.2 Å². The zero-order chi connectivity index (χ0) is 10.7. The van der Waals surface area contributed by atoms with Gasteiger partial charge in [-0.05, 0) is 12.1 Å². The average Bonchev–Trinajstić information content (AvgIpc) is 2.23. The zero-order valence-electron chi connectivity index (χ0n) is 8.64. The molecular formula is C11H14N2O2. The van der Waals surface area contributed by atoms with Gasteiger partial charge in [-0.3, -0.25) is 0 Å². The van der Waals surface area contributed by atoms with Crippen molar-refractivity contribution < 1.29 is 9.53 Å². The topological polar surface area (TPSA) is 41.6 Å². The molecular weight excluding hydrogens is 192 g/mol. The molecule has 4 nitrogen and oxygen atoms in total. The van der Waals surface area contributed by atoms with Gasteiger partial charge in [0.15, 0.2) is 0 Å². The van der Waals surface area contributed by atoms with E-state index in [4.69, 9.17) is 4.74 Å². The Hall–Kier alpha value is -1.71. The van der Waals surface area contributed by atoms with Gasteiger partial charge < -0.3 is 15.0 Å². The van der Waals surface area contributed by atoms with Crippen molar-refractivity contribution in [2.24, 2.45) is 0 Å². The van der Waals surface area contributed by atoms with E-state index < -0.39 is 0 Å². The highest BCUT2D eigenvalue weighted by atomic mass is 16.5. The SMILES string of the molecule is CNC(=O)N1CC(Oc2ccccc2)C1. The fourth-order valence-electron chi connectivity index (χ4n) is 1.53. The van der Waals surface area contributed by atoms with Crippen LogP contribution in [-0.2, 0) is 0 Å². The van der Waals surface area contributed by atoms with Crippen LogP contribution >= 0.6 is 0 Å². The molecule has 1 N–H and O–H groups in total. The molecule has 0 bridgehead atoms. The highest BCUT2D eigenvalue weighted by Gasteiger charge is 2.31. The van der Waals surface area contributed by atoms with Crippen LogP contribution in [0.2, 0.25) is 0 Å². The molecule has 0 aliphatic carbocycles. The third-order valence-corrected chi connectivity index (χ3v) is 2.40. The van der Waals surface area contributed by atoms with Crippen molar-refractivity contribution in [3.8, 4) is 5.75 Å². The maximum Gasteiger partial charge on any atom is 0.317 e. The van der Waals surface area contributed by atoms with Gasteiger partial charge in [0.1, 0.15) is 11.9 Å². The summed E-state index contributed by atoms with van der Waals surface area (Å²) in [6, 6.07) is 9.62. The summed E-state index contributed by atoms with van der Waals surface area (Å²) in [5, 5.41) is 2.58. The summed E-state index contributed by atoms with van der Waals surface area (Å²) in [4.78, 5) is 12.9. The lowest BCUT2D eigenvalue weighted by Crippen LogP contribution is -2.58. The maximum absolute atomic E-state index is 11.2. The van der Waals surface area contributed by atoms with Crippen molar-refractivity contribution in [3.63, 3.8) is 0 Å². The second-order valence-electron chi connectivity index (χ2n) is 3.51. The smallest absolute Gasteiger partial charge is 0.317 e. The van der Waals surface area contributed by atoms with E-state index >= 15 is 0 Å². The van der Waals surface area contributed by atoms with E-state index in [0.29, 0.717) is 13.1 Å². The fraction of sp³-hybridized carbons (Fsp3) is 0.364. The summed E-state index contributed by atoms with van der Waals surface area (Å²) in [5.74, 6) is 0.860. The first kappa shape index (κ1) is 9.83. The van der Waals surface area contributed by atoms with Crippen molar-refractivity contribution in [1.29, 1.82) is 0 Å². The van der Waals surface area contributed by atoms with Crippen molar-refractivity contribution in [2.45, 2.75) is 6.10 Å². The molecule has 0 atom stereocenters. The van der Waals surface area contributed by atoms with Crippen LogP contribution in [0.4, 0.5) is 4.79 Å². The molecule has 1 heterocycles. The number of carbonyl (C=O) groups is 1. The third-order valence-electron chi connectivity index (χ3n) is 2.40. The molecule has 80 valence electrons. The van der Waals surface area contributed by atoms with E-state index in [-0.39, 0.29) is 12.1 Å². The minimum atomic E-state index is -0.0390. The molecule has 1 aliphatic heterocycles. The lowest BCUT2D eigenvalue weighted by molar-refractivity contribution is 0.0451. The molecule has 2 rings (SSSR count). The minimum Gasteiger partial charge on any atom is -0.487 e. The van der Waals surface area contributed by atoms with Gasteiger partial charge in [-0.25, -0.2) is 4.79 Å². The summed E-state index contributed by atoms with van der Waals surface area (Å²) in [7, 11) is 1.63. The first-order chi connectivity index (χ1) is 7.29. The number of nitrogens with one attached hydrogen (secondary N) is 1. The molecule has 0 spiro atoms. The van der Waals surface area contributed by atoms with E-state index in [1.165, 1.54) is 0 Å². The van der Waals surface area contributed by atoms with Gasteiger partial charge in [-0.2, -0.15) is 0 Å². The Morgan fingerprint density at radius 2 is 2.07 bits per heavy atom. The van der Waals surface area contributed by atoms with Gasteiger partial charge in [-0.1, -0.05) is 18.2 Å². The quantitative estimate of drug-likeness (QED) is 0.787. The van der Waals surface area contributed by atoms with Crippen molar-refractivity contribution in [3.05, 3.63) is 30.3 Å². The summed E-state index contributed by atoms with van der Waals surface area (Å²) < 4.78 is 5.65. The van der Waals surface area contributed by atoms with Gasteiger partial charge in [0.05, 0.1) is 13.1 Å². The van der Waals surface area contributed by atoms with Gasteiger partial charge in [0, 0.05) is 7.05 Å². The van der Waals surface area contributed by atoms with E-state index in [1.807, 2.05) is 30.3 Å². The summed E-state index contributed by atoms with van der Waals surface area (Å²) >= 11 is 0. The van der Waals surface area contributed by atoms with Crippen molar-refractivity contribution >= 4 is 6.03 Å². The molecule has 1 aromatic carbocycles. The molecule has 15 heavy (non-hydrogen) atoms. The molecule has 0 unspecified atom stereocenters. The lowest BCUT2D eigenvalue weighted by Gasteiger charge is -2.38. The molecule has 1 aliphatic rings. The Balaban J connectivity index is 1.79. The zero-order valence-corrected chi connectivity index (χ0v) is 8.64. The Labute approximate surface area is 88.8 Å². The van der Waals surface area contributed by atoms with E-state index in [9.17, 15) is 4.79 Å². The molecule has 1 aromatic rings. The van der Waals surface area contributed by atoms with Crippen molar-refractivity contribution in [2.75, 3.05) is 20.1 Å². The van der Waals surface area contributed by atoms with E-state index in [1.54, 1.807) is 11.9 Å². The highest BCUT2D eigenvalue weighted by Crippen LogP contribution is 2.17. The van der Waals surface area contributed by atoms with Crippen LogP contribution in [0, 0.1) is 0 Å². The van der Waals surface area contributed by atoms with Crippen LogP contribution in [-0.4, -0.2) is 37.2 Å². The Bertz CT molecular complexity index is 334. The molecule has 0 aromatic heterocycles. The number of carbonyl (C=O) groups excluding carboxylic acids is 1. The average molecular weight is 206 g/mol. The van der Waals surface area contributed by atoms with Gasteiger partial charge in [0.2, 0.25) is 0 Å². The molecule has 4 heteroatoms. The standard InChI is InChI=1S/C11H14N2O2/c1-12-11(14)13-7-10(8-13)15-9-5-3-2-4-6-9/h2-6,10H,7-8H2,1H3,(H,12,14). The van der Waals surface area contributed by atoms with Gasteiger partial charge in [-0.15, -0.1) is 0 Å². The van der Waals surface area contributed by atoms with Crippen LogP contribution < -0.4 is 10.1 Å². The number of likely N-dealkylation sites (tertiary alicyclic amines) is 1. The van der Waals surface area contributed by atoms with E-state index in [0.717, 1.165) is 5.75 Å². The fourth-order valence-corrected chi connectivity index (χ4v) is 1.53. The number of benzene rings is 1. The van der Waals surface area contributed by atoms with Crippen LogP contribution in [0.5, 0.6) is 5.75 Å². The molecule has 1 fully saturated rings. The van der Waals surface area contributed by atoms with Crippen LogP contribution in [0.25, 0.3) is 0 Å². The molecule has 0 radical (unpaired) electrons. The minimum absolute atomic E-state index is 0.0390. The Kier molecular flexibility index (Phi) is 2.76. The van der Waals surface area contributed by atoms with Gasteiger partial charge >= 0.3 is 6.03 Å². The predicted octanol–water partition coefficient (Wildman–Crippen LogP) is 1.09. The highest BCUT2D eigenvalue weighted by molar-refractivity contribution is 5.74. The second kappa shape index (κ2) is 4.21. The number of ether oxygens (including phenoxy) is 1. The van der Waals surface area contributed by atoms with E-state index in [2.05, 4.69) is 5.32 Å². The number of hydrogen-bond acceptors (Lipinski definition) is 2. The number of amides is 2.